The lowest BCUT2D eigenvalue weighted by atomic mass is 10.2. The molecule has 1 aliphatic rings. The van der Waals surface area contributed by atoms with Crippen LogP contribution in [0.1, 0.15) is 13.8 Å². The maximum absolute atomic E-state index is 5.80. The summed E-state index contributed by atoms with van der Waals surface area (Å²) in [4.78, 5) is 11.9. The van der Waals surface area contributed by atoms with Crippen molar-refractivity contribution in [1.29, 1.82) is 0 Å². The Bertz CT molecular complexity index is 570. The largest absolute Gasteiger partial charge is 0.375 e. The van der Waals surface area contributed by atoms with Crippen molar-refractivity contribution >= 4 is 33.3 Å². The van der Waals surface area contributed by atoms with Crippen LogP contribution in [0.3, 0.4) is 0 Å². The predicted molar refractivity (Wildman–Crippen MR) is 74.0 cm³/mol. The van der Waals surface area contributed by atoms with Crippen LogP contribution in [0.15, 0.2) is 11.4 Å². The lowest BCUT2D eigenvalue weighted by molar-refractivity contribution is 0.0342. The van der Waals surface area contributed by atoms with Gasteiger partial charge in [0.1, 0.15) is 10.6 Å². The summed E-state index contributed by atoms with van der Waals surface area (Å²) in [7, 11) is 0. The number of nitrogens with two attached hydrogens (primary N) is 1. The Hall–Kier alpha value is -1.40. The lowest BCUT2D eigenvalue weighted by Crippen LogP contribution is -2.47. The van der Waals surface area contributed by atoms with Crippen LogP contribution in [0.2, 0.25) is 0 Å². The zero-order chi connectivity index (χ0) is 12.7. The molecule has 1 aliphatic heterocycles. The van der Waals surface area contributed by atoms with Crippen LogP contribution in [0.4, 0.5) is 11.8 Å². The molecule has 0 bridgehead atoms. The molecule has 0 saturated carbocycles. The second-order valence-corrected chi connectivity index (χ2v) is 5.58. The molecule has 96 valence electrons. The van der Waals surface area contributed by atoms with E-state index in [0.29, 0.717) is 12.0 Å². The number of thiophene rings is 1. The highest BCUT2D eigenvalue weighted by molar-refractivity contribution is 7.16. The van der Waals surface area contributed by atoms with Gasteiger partial charge in [0.2, 0.25) is 5.95 Å². The monoisotopic (exact) mass is 264 g/mol. The van der Waals surface area contributed by atoms with Crippen molar-refractivity contribution in [2.45, 2.75) is 26.0 Å². The highest BCUT2D eigenvalue weighted by atomic mass is 32.1. The number of rotatable bonds is 1. The first-order chi connectivity index (χ1) is 8.65. The molecule has 1 saturated heterocycles. The summed E-state index contributed by atoms with van der Waals surface area (Å²) in [5.74, 6) is 1.27. The molecule has 18 heavy (non-hydrogen) atoms. The quantitative estimate of drug-likeness (QED) is 0.852. The van der Waals surface area contributed by atoms with Crippen LogP contribution >= 0.6 is 11.3 Å². The Morgan fingerprint density at radius 3 is 3.11 bits per heavy atom. The lowest BCUT2D eigenvalue weighted by Gasteiger charge is -2.37. The summed E-state index contributed by atoms with van der Waals surface area (Å²) in [6.45, 7) is 5.77. The molecule has 0 amide bonds. The maximum Gasteiger partial charge on any atom is 0.223 e. The summed E-state index contributed by atoms with van der Waals surface area (Å²) < 4.78 is 5.65. The molecule has 2 aromatic heterocycles. The summed E-state index contributed by atoms with van der Waals surface area (Å²) in [6.07, 6.45) is 0.214. The molecule has 1 fully saturated rings. The number of anilines is 2. The fraction of sp³-hybridized carbons (Fsp3) is 0.500. The molecule has 0 aromatic carbocycles. The molecule has 5 nitrogen and oxygen atoms in total. The summed E-state index contributed by atoms with van der Waals surface area (Å²) in [6, 6.07) is 2.36. The Balaban J connectivity index is 2.09. The zero-order valence-electron chi connectivity index (χ0n) is 10.5. The van der Waals surface area contributed by atoms with Crippen molar-refractivity contribution in [3.05, 3.63) is 11.4 Å². The number of ether oxygens (including phenoxy) is 1. The topological polar surface area (TPSA) is 64.3 Å². The molecule has 3 heterocycles. The number of nitrogens with zero attached hydrogens (tertiary/aromatic N) is 3. The first-order valence-electron chi connectivity index (χ1n) is 6.04. The Kier molecular flexibility index (Phi) is 2.83. The van der Waals surface area contributed by atoms with Gasteiger partial charge < -0.3 is 15.4 Å². The van der Waals surface area contributed by atoms with Gasteiger partial charge in [0.05, 0.1) is 24.1 Å². The van der Waals surface area contributed by atoms with Crippen LogP contribution in [-0.4, -0.2) is 35.3 Å². The molecule has 6 heteroatoms. The first kappa shape index (κ1) is 11.7. The Morgan fingerprint density at radius 2 is 2.28 bits per heavy atom. The average molecular weight is 264 g/mol. The standard InChI is InChI=1S/C12H16N4OS/c1-7-6-17-8(2)5-16(7)10-9-3-4-18-11(9)15-12(13)14-10/h3-4,7-8H,5-6H2,1-2H3,(H2,13,14,15). The molecule has 0 aliphatic carbocycles. The molecular formula is C12H16N4OS. The van der Waals surface area contributed by atoms with E-state index in [1.807, 2.05) is 5.38 Å². The van der Waals surface area contributed by atoms with Gasteiger partial charge in [-0.2, -0.15) is 4.98 Å². The molecular weight excluding hydrogens is 248 g/mol. The molecule has 2 unspecified atom stereocenters. The Morgan fingerprint density at radius 1 is 1.44 bits per heavy atom. The molecule has 2 atom stereocenters. The van der Waals surface area contributed by atoms with Crippen molar-refractivity contribution < 1.29 is 4.74 Å². The molecule has 3 rings (SSSR count). The van der Waals surface area contributed by atoms with Gasteiger partial charge in [-0.05, 0) is 25.3 Å². The first-order valence-corrected chi connectivity index (χ1v) is 6.92. The van der Waals surface area contributed by atoms with E-state index < -0.39 is 0 Å². The molecule has 0 spiro atoms. The van der Waals surface area contributed by atoms with Crippen molar-refractivity contribution in [3.63, 3.8) is 0 Å². The van der Waals surface area contributed by atoms with E-state index in [1.165, 1.54) is 0 Å². The van der Waals surface area contributed by atoms with E-state index in [-0.39, 0.29) is 6.10 Å². The van der Waals surface area contributed by atoms with E-state index in [4.69, 9.17) is 10.5 Å². The average Bonchev–Trinajstić information content (AvgIpc) is 2.79. The van der Waals surface area contributed by atoms with Crippen molar-refractivity contribution in [3.8, 4) is 0 Å². The normalized spacial score (nSPS) is 24.7. The van der Waals surface area contributed by atoms with E-state index in [0.717, 1.165) is 29.2 Å². The zero-order valence-corrected chi connectivity index (χ0v) is 11.3. The fourth-order valence-electron chi connectivity index (χ4n) is 2.27. The Labute approximate surface area is 110 Å². The summed E-state index contributed by atoms with van der Waals surface area (Å²) >= 11 is 1.59. The number of morpholine rings is 1. The summed E-state index contributed by atoms with van der Waals surface area (Å²) in [5.41, 5.74) is 5.80. The van der Waals surface area contributed by atoms with E-state index in [1.54, 1.807) is 11.3 Å². The van der Waals surface area contributed by atoms with Crippen LogP contribution in [-0.2, 0) is 4.74 Å². The van der Waals surface area contributed by atoms with E-state index in [2.05, 4.69) is 34.8 Å². The van der Waals surface area contributed by atoms with Crippen molar-refractivity contribution in [2.75, 3.05) is 23.8 Å². The van der Waals surface area contributed by atoms with Crippen molar-refractivity contribution in [1.82, 2.24) is 9.97 Å². The highest BCUT2D eigenvalue weighted by Crippen LogP contribution is 2.31. The van der Waals surface area contributed by atoms with Crippen LogP contribution in [0.25, 0.3) is 10.2 Å². The third-order valence-electron chi connectivity index (χ3n) is 3.20. The minimum absolute atomic E-state index is 0.214. The predicted octanol–water partition coefficient (Wildman–Crippen LogP) is 1.89. The van der Waals surface area contributed by atoms with Gasteiger partial charge in [0.15, 0.2) is 0 Å². The highest BCUT2D eigenvalue weighted by Gasteiger charge is 2.26. The number of hydrogen-bond donors (Lipinski definition) is 1. The maximum atomic E-state index is 5.80. The minimum Gasteiger partial charge on any atom is -0.375 e. The molecule has 0 radical (unpaired) electrons. The van der Waals surface area contributed by atoms with Crippen LogP contribution in [0, 0.1) is 0 Å². The number of nitrogen functional groups attached to an aromatic ring is 1. The van der Waals surface area contributed by atoms with Gasteiger partial charge in [-0.15, -0.1) is 11.3 Å². The summed E-state index contributed by atoms with van der Waals surface area (Å²) in [5, 5.41) is 3.10. The SMILES string of the molecule is CC1CN(c2nc(N)nc3sccc23)C(C)CO1. The third kappa shape index (κ3) is 1.91. The number of hydrogen-bond acceptors (Lipinski definition) is 6. The smallest absolute Gasteiger partial charge is 0.223 e. The van der Waals surface area contributed by atoms with Crippen molar-refractivity contribution in [2.24, 2.45) is 0 Å². The van der Waals surface area contributed by atoms with Gasteiger partial charge in [-0.25, -0.2) is 4.98 Å². The minimum atomic E-state index is 0.214. The van der Waals surface area contributed by atoms with Gasteiger partial charge >= 0.3 is 0 Å². The molecule has 2 N–H and O–H groups in total. The second kappa shape index (κ2) is 4.37. The number of aromatic nitrogens is 2. The molecule has 2 aromatic rings. The fourth-order valence-corrected chi connectivity index (χ4v) is 3.04. The van der Waals surface area contributed by atoms with Gasteiger partial charge in [-0.1, -0.05) is 0 Å². The van der Waals surface area contributed by atoms with Crippen LogP contribution < -0.4 is 10.6 Å². The van der Waals surface area contributed by atoms with Crippen LogP contribution in [0.5, 0.6) is 0 Å². The number of fused-ring (bicyclic) bond motifs is 1. The van der Waals surface area contributed by atoms with Gasteiger partial charge in [-0.3, -0.25) is 0 Å². The van der Waals surface area contributed by atoms with E-state index >= 15 is 0 Å². The van der Waals surface area contributed by atoms with E-state index in [9.17, 15) is 0 Å². The van der Waals surface area contributed by atoms with Gasteiger partial charge in [0, 0.05) is 6.54 Å². The third-order valence-corrected chi connectivity index (χ3v) is 4.01. The van der Waals surface area contributed by atoms with Gasteiger partial charge in [0.25, 0.3) is 0 Å². The second-order valence-electron chi connectivity index (χ2n) is 4.69.